The number of anilines is 1. The molecule has 3 heterocycles. The van der Waals surface area contributed by atoms with Crippen LogP contribution in [0.2, 0.25) is 0 Å². The summed E-state index contributed by atoms with van der Waals surface area (Å²) in [6.45, 7) is 3.71. The van der Waals surface area contributed by atoms with Gasteiger partial charge in [-0.25, -0.2) is 9.97 Å². The Morgan fingerprint density at radius 1 is 1.12 bits per heavy atom. The quantitative estimate of drug-likeness (QED) is 0.698. The zero-order valence-electron chi connectivity index (χ0n) is 19.4. The second-order valence-electron chi connectivity index (χ2n) is 9.09. The number of fused-ring (bicyclic) bond motifs is 1. The molecule has 0 bridgehead atoms. The molecule has 2 aromatic rings. The van der Waals surface area contributed by atoms with Crippen LogP contribution in [0.3, 0.4) is 0 Å². The largest absolute Gasteiger partial charge is 0.331 e. The third-order valence-electron chi connectivity index (χ3n) is 6.39. The molecule has 0 unspecified atom stereocenters. The molecule has 1 fully saturated rings. The summed E-state index contributed by atoms with van der Waals surface area (Å²) < 4.78 is 0. The Kier molecular flexibility index (Phi) is 6.84. The first-order chi connectivity index (χ1) is 15.4. The minimum absolute atomic E-state index is 0.107. The number of benzene rings is 1. The smallest absolute Gasteiger partial charge is 0.237 e. The highest BCUT2D eigenvalue weighted by Gasteiger charge is 2.33. The number of likely N-dealkylation sites (tertiary alicyclic amines) is 1. The van der Waals surface area contributed by atoms with Crippen LogP contribution in [0, 0.1) is 6.92 Å². The topological polar surface area (TPSA) is 69.6 Å². The average molecular weight is 436 g/mol. The van der Waals surface area contributed by atoms with Gasteiger partial charge in [0, 0.05) is 30.8 Å². The van der Waals surface area contributed by atoms with Crippen LogP contribution in [0.5, 0.6) is 0 Å². The molecule has 170 valence electrons. The van der Waals surface area contributed by atoms with Gasteiger partial charge in [-0.3, -0.25) is 14.5 Å². The highest BCUT2D eigenvalue weighted by atomic mass is 16.2. The molecule has 0 N–H and O–H groups in total. The van der Waals surface area contributed by atoms with Crippen LogP contribution in [0.1, 0.15) is 54.4 Å². The predicted octanol–water partition coefficient (Wildman–Crippen LogP) is 2.92. The van der Waals surface area contributed by atoms with Gasteiger partial charge < -0.3 is 9.80 Å². The predicted molar refractivity (Wildman–Crippen MR) is 124 cm³/mol. The lowest BCUT2D eigenvalue weighted by atomic mass is 9.99. The fraction of sp³-hybridized carbons (Fsp3) is 0.520. The third-order valence-corrected chi connectivity index (χ3v) is 6.39. The highest BCUT2D eigenvalue weighted by Crippen LogP contribution is 2.34. The number of hydrogen-bond acceptors (Lipinski definition) is 5. The number of hydrogen-bond donors (Lipinski definition) is 0. The molecule has 1 aromatic heterocycles. The summed E-state index contributed by atoms with van der Waals surface area (Å²) in [5.74, 6) is 1.63. The van der Waals surface area contributed by atoms with E-state index in [1.807, 2.05) is 53.9 Å². The Labute approximate surface area is 190 Å². The molecule has 2 aliphatic rings. The number of aryl methyl sites for hydroxylation is 1. The zero-order valence-corrected chi connectivity index (χ0v) is 19.4. The van der Waals surface area contributed by atoms with Crippen molar-refractivity contribution in [2.75, 3.05) is 38.6 Å². The average Bonchev–Trinajstić information content (AvgIpc) is 2.78. The van der Waals surface area contributed by atoms with Gasteiger partial charge in [-0.1, -0.05) is 30.3 Å². The molecule has 1 atom stereocenters. The van der Waals surface area contributed by atoms with Crippen molar-refractivity contribution in [1.29, 1.82) is 0 Å². The molecule has 1 saturated heterocycles. The Hall–Kier alpha value is -2.80. The lowest BCUT2D eigenvalue weighted by Crippen LogP contribution is -2.44. The summed E-state index contributed by atoms with van der Waals surface area (Å²) in [6, 6.07) is 10.1. The maximum absolute atomic E-state index is 12.9. The van der Waals surface area contributed by atoms with Crippen molar-refractivity contribution in [2.45, 2.75) is 51.5 Å². The van der Waals surface area contributed by atoms with Crippen molar-refractivity contribution < 1.29 is 9.59 Å². The zero-order chi connectivity index (χ0) is 22.7. The van der Waals surface area contributed by atoms with Gasteiger partial charge in [0.05, 0.1) is 12.6 Å². The number of amides is 2. The van der Waals surface area contributed by atoms with Crippen LogP contribution in [-0.2, 0) is 22.4 Å². The fourth-order valence-corrected chi connectivity index (χ4v) is 4.73. The van der Waals surface area contributed by atoms with Gasteiger partial charge >= 0.3 is 0 Å². The number of likely N-dealkylation sites (N-methyl/N-ethyl adjacent to an activating group) is 1. The minimum atomic E-state index is -0.131. The van der Waals surface area contributed by atoms with E-state index in [1.54, 1.807) is 0 Å². The van der Waals surface area contributed by atoms with Crippen molar-refractivity contribution in [3.63, 3.8) is 0 Å². The monoisotopic (exact) mass is 435 g/mol. The van der Waals surface area contributed by atoms with Crippen LogP contribution in [0.4, 0.5) is 5.82 Å². The van der Waals surface area contributed by atoms with E-state index in [2.05, 4.69) is 12.1 Å². The summed E-state index contributed by atoms with van der Waals surface area (Å²) in [5.41, 5.74) is 3.18. The molecule has 32 heavy (non-hydrogen) atoms. The Balaban J connectivity index is 1.64. The van der Waals surface area contributed by atoms with Crippen LogP contribution in [-0.4, -0.2) is 65.3 Å². The van der Waals surface area contributed by atoms with Crippen LogP contribution >= 0.6 is 0 Å². The summed E-state index contributed by atoms with van der Waals surface area (Å²) in [6.07, 6.45) is 4.85. The van der Waals surface area contributed by atoms with Gasteiger partial charge in [0.25, 0.3) is 0 Å². The molecule has 2 amide bonds. The van der Waals surface area contributed by atoms with Crippen LogP contribution < -0.4 is 4.90 Å². The molecule has 0 saturated carbocycles. The Morgan fingerprint density at radius 2 is 1.91 bits per heavy atom. The lowest BCUT2D eigenvalue weighted by Gasteiger charge is -2.37. The van der Waals surface area contributed by atoms with Gasteiger partial charge in [0.2, 0.25) is 11.8 Å². The maximum Gasteiger partial charge on any atom is 0.237 e. The molecule has 0 radical (unpaired) electrons. The Morgan fingerprint density at radius 3 is 2.66 bits per heavy atom. The van der Waals surface area contributed by atoms with E-state index in [-0.39, 0.29) is 17.9 Å². The number of rotatable bonds is 6. The normalized spacial score (nSPS) is 18.8. The van der Waals surface area contributed by atoms with Crippen molar-refractivity contribution in [2.24, 2.45) is 0 Å². The molecule has 7 heteroatoms. The summed E-state index contributed by atoms with van der Waals surface area (Å²) in [7, 11) is 3.82. The maximum atomic E-state index is 12.9. The van der Waals surface area contributed by atoms with E-state index >= 15 is 0 Å². The minimum Gasteiger partial charge on any atom is -0.331 e. The van der Waals surface area contributed by atoms with E-state index in [4.69, 9.17) is 9.97 Å². The van der Waals surface area contributed by atoms with E-state index < -0.39 is 0 Å². The first-order valence-electron chi connectivity index (χ1n) is 11.6. The van der Waals surface area contributed by atoms with E-state index in [9.17, 15) is 9.59 Å². The SMILES string of the molecule is Cc1nc([C@@H]2CCCCN2C(=O)CN(C)C)nc2c1CCC(=O)N2CCc1ccccc1. The highest BCUT2D eigenvalue weighted by molar-refractivity contribution is 5.95. The second-order valence-corrected chi connectivity index (χ2v) is 9.09. The number of nitrogens with zero attached hydrogens (tertiary/aromatic N) is 5. The van der Waals surface area contributed by atoms with E-state index in [0.717, 1.165) is 49.3 Å². The fourth-order valence-electron chi connectivity index (χ4n) is 4.73. The molecule has 0 spiro atoms. The van der Waals surface area contributed by atoms with Crippen molar-refractivity contribution in [1.82, 2.24) is 19.8 Å². The number of carbonyl (C=O) groups is 2. The van der Waals surface area contributed by atoms with E-state index in [0.29, 0.717) is 31.8 Å². The van der Waals surface area contributed by atoms with E-state index in [1.165, 1.54) is 5.56 Å². The molecule has 1 aromatic carbocycles. The lowest BCUT2D eigenvalue weighted by molar-refractivity contribution is -0.136. The molecular formula is C25H33N5O2. The summed E-state index contributed by atoms with van der Waals surface area (Å²) in [5, 5.41) is 0. The molecule has 2 aliphatic heterocycles. The van der Waals surface area contributed by atoms with Crippen molar-refractivity contribution in [3.05, 3.63) is 53.0 Å². The number of piperidine rings is 1. The van der Waals surface area contributed by atoms with Crippen molar-refractivity contribution in [3.8, 4) is 0 Å². The van der Waals surface area contributed by atoms with Gasteiger partial charge in [-0.05, 0) is 58.7 Å². The number of carbonyl (C=O) groups excluding carboxylic acids is 2. The van der Waals surface area contributed by atoms with Gasteiger partial charge in [0.1, 0.15) is 5.82 Å². The van der Waals surface area contributed by atoms with Gasteiger partial charge in [-0.15, -0.1) is 0 Å². The van der Waals surface area contributed by atoms with Gasteiger partial charge in [-0.2, -0.15) is 0 Å². The summed E-state index contributed by atoms with van der Waals surface area (Å²) in [4.78, 5) is 41.2. The summed E-state index contributed by atoms with van der Waals surface area (Å²) >= 11 is 0. The molecule has 4 rings (SSSR count). The molecule has 0 aliphatic carbocycles. The third kappa shape index (κ3) is 4.83. The Bertz CT molecular complexity index is 976. The first-order valence-corrected chi connectivity index (χ1v) is 11.6. The first kappa shape index (κ1) is 22.4. The van der Waals surface area contributed by atoms with Crippen LogP contribution in [0.25, 0.3) is 0 Å². The number of aromatic nitrogens is 2. The van der Waals surface area contributed by atoms with Crippen molar-refractivity contribution >= 4 is 17.6 Å². The second kappa shape index (κ2) is 9.77. The standard InChI is InChI=1S/C25H33N5O2/c1-18-20-12-13-22(31)30(16-14-19-9-5-4-6-10-19)25(20)27-24(26-18)21-11-7-8-15-29(21)23(32)17-28(2)3/h4-6,9-10,21H,7-8,11-17H2,1-3H3/t21-/m0/s1. The molecular weight excluding hydrogens is 402 g/mol. The van der Waals surface area contributed by atoms with Gasteiger partial charge in [0.15, 0.2) is 5.82 Å². The van der Waals surface area contributed by atoms with Crippen LogP contribution in [0.15, 0.2) is 30.3 Å². The molecule has 7 nitrogen and oxygen atoms in total.